The third-order valence-corrected chi connectivity index (χ3v) is 3.32. The Morgan fingerprint density at radius 3 is 3.14 bits per heavy atom. The molecule has 1 atom stereocenters. The van der Waals surface area contributed by atoms with E-state index in [0.717, 1.165) is 6.54 Å². The molecule has 0 aliphatic heterocycles. The maximum atomic E-state index is 3.59. The fraction of sp³-hybridized carbons (Fsp3) is 0.500. The van der Waals surface area contributed by atoms with Crippen LogP contribution in [0.5, 0.6) is 0 Å². The van der Waals surface area contributed by atoms with Crippen molar-refractivity contribution in [3.05, 3.63) is 33.8 Å². The van der Waals surface area contributed by atoms with E-state index in [1.807, 2.05) is 0 Å². The van der Waals surface area contributed by atoms with Crippen molar-refractivity contribution >= 4 is 15.9 Å². The van der Waals surface area contributed by atoms with Crippen molar-refractivity contribution in [1.29, 1.82) is 0 Å². The first kappa shape index (κ1) is 10.2. The quantitative estimate of drug-likeness (QED) is 0.871. The van der Waals surface area contributed by atoms with E-state index in [2.05, 4.69) is 46.4 Å². The van der Waals surface area contributed by atoms with Crippen LogP contribution in [0.25, 0.3) is 0 Å². The van der Waals surface area contributed by atoms with Gasteiger partial charge >= 0.3 is 0 Å². The molecule has 0 fully saturated rings. The van der Waals surface area contributed by atoms with E-state index < -0.39 is 0 Å². The molecule has 14 heavy (non-hydrogen) atoms. The maximum absolute atomic E-state index is 3.59. The molecule has 1 aromatic rings. The normalized spacial score (nSPS) is 19.7. The van der Waals surface area contributed by atoms with Gasteiger partial charge in [0, 0.05) is 10.5 Å². The van der Waals surface area contributed by atoms with Crippen LogP contribution in [0.3, 0.4) is 0 Å². The molecule has 1 unspecified atom stereocenters. The van der Waals surface area contributed by atoms with Crippen LogP contribution in [0, 0.1) is 0 Å². The van der Waals surface area contributed by atoms with E-state index in [4.69, 9.17) is 0 Å². The molecule has 0 heterocycles. The minimum atomic E-state index is 0.586. The van der Waals surface area contributed by atoms with E-state index >= 15 is 0 Å². The highest BCUT2D eigenvalue weighted by Gasteiger charge is 2.21. The molecule has 1 nitrogen and oxygen atoms in total. The molecule has 0 saturated heterocycles. The van der Waals surface area contributed by atoms with Crippen molar-refractivity contribution in [3.63, 3.8) is 0 Å². The van der Waals surface area contributed by atoms with E-state index in [1.54, 1.807) is 0 Å². The van der Waals surface area contributed by atoms with Gasteiger partial charge in [-0.05, 0) is 49.1 Å². The number of aryl methyl sites for hydroxylation is 1. The lowest BCUT2D eigenvalue weighted by Gasteiger charge is -2.13. The second-order valence-corrected chi connectivity index (χ2v) is 4.80. The number of hydrogen-bond acceptors (Lipinski definition) is 1. The van der Waals surface area contributed by atoms with E-state index in [1.165, 1.54) is 34.9 Å². The van der Waals surface area contributed by atoms with Crippen LogP contribution in [-0.2, 0) is 6.42 Å². The Morgan fingerprint density at radius 1 is 1.50 bits per heavy atom. The molecule has 0 bridgehead atoms. The Kier molecular flexibility index (Phi) is 3.24. The predicted molar refractivity (Wildman–Crippen MR) is 63.5 cm³/mol. The number of rotatable bonds is 3. The van der Waals surface area contributed by atoms with Gasteiger partial charge in [0.25, 0.3) is 0 Å². The SMILES string of the molecule is CCCNC1CCc2ccc(Br)cc21. The number of hydrogen-bond donors (Lipinski definition) is 1. The highest BCUT2D eigenvalue weighted by atomic mass is 79.9. The molecule has 0 radical (unpaired) electrons. The molecule has 0 spiro atoms. The van der Waals surface area contributed by atoms with Crippen LogP contribution < -0.4 is 5.32 Å². The van der Waals surface area contributed by atoms with Gasteiger partial charge in [-0.15, -0.1) is 0 Å². The van der Waals surface area contributed by atoms with Crippen molar-refractivity contribution in [3.8, 4) is 0 Å². The summed E-state index contributed by atoms with van der Waals surface area (Å²) in [7, 11) is 0. The summed E-state index contributed by atoms with van der Waals surface area (Å²) in [5.41, 5.74) is 3.01. The molecule has 76 valence electrons. The van der Waals surface area contributed by atoms with Gasteiger partial charge in [-0.2, -0.15) is 0 Å². The molecular formula is C12H16BrN. The highest BCUT2D eigenvalue weighted by Crippen LogP contribution is 2.32. The largest absolute Gasteiger partial charge is 0.310 e. The molecule has 1 aliphatic carbocycles. The Bertz CT molecular complexity index is 322. The van der Waals surface area contributed by atoms with Crippen molar-refractivity contribution in [2.75, 3.05) is 6.54 Å². The average molecular weight is 254 g/mol. The lowest BCUT2D eigenvalue weighted by Crippen LogP contribution is -2.19. The van der Waals surface area contributed by atoms with E-state index in [-0.39, 0.29) is 0 Å². The standard InChI is InChI=1S/C12H16BrN/c1-2-7-14-12-6-4-9-3-5-10(13)8-11(9)12/h3,5,8,12,14H,2,4,6-7H2,1H3. The van der Waals surface area contributed by atoms with Crippen LogP contribution >= 0.6 is 15.9 Å². The first-order valence-corrected chi connectivity index (χ1v) is 6.12. The Morgan fingerprint density at radius 2 is 2.36 bits per heavy atom. The number of fused-ring (bicyclic) bond motifs is 1. The van der Waals surface area contributed by atoms with Gasteiger partial charge in [0.1, 0.15) is 0 Å². The summed E-state index contributed by atoms with van der Waals surface area (Å²) in [5, 5.41) is 3.59. The zero-order valence-corrected chi connectivity index (χ0v) is 10.1. The molecule has 0 aromatic heterocycles. The summed E-state index contributed by atoms with van der Waals surface area (Å²) in [6.07, 6.45) is 3.69. The van der Waals surface area contributed by atoms with E-state index in [0.29, 0.717) is 6.04 Å². The molecule has 0 amide bonds. The van der Waals surface area contributed by atoms with Crippen molar-refractivity contribution in [2.45, 2.75) is 32.2 Å². The second-order valence-electron chi connectivity index (χ2n) is 3.89. The molecule has 1 aliphatic rings. The van der Waals surface area contributed by atoms with Crippen LogP contribution in [0.15, 0.2) is 22.7 Å². The van der Waals surface area contributed by atoms with Gasteiger partial charge in [0.15, 0.2) is 0 Å². The van der Waals surface area contributed by atoms with Gasteiger partial charge < -0.3 is 5.32 Å². The lowest BCUT2D eigenvalue weighted by atomic mass is 10.1. The van der Waals surface area contributed by atoms with Gasteiger partial charge in [0.05, 0.1) is 0 Å². The third-order valence-electron chi connectivity index (χ3n) is 2.83. The minimum Gasteiger partial charge on any atom is -0.310 e. The summed E-state index contributed by atoms with van der Waals surface area (Å²) in [4.78, 5) is 0. The monoisotopic (exact) mass is 253 g/mol. The zero-order valence-electron chi connectivity index (χ0n) is 8.52. The molecule has 1 N–H and O–H groups in total. The number of nitrogens with one attached hydrogen (secondary N) is 1. The average Bonchev–Trinajstić information content (AvgIpc) is 2.57. The fourth-order valence-corrected chi connectivity index (χ4v) is 2.48. The Balaban J connectivity index is 2.16. The van der Waals surface area contributed by atoms with Crippen molar-refractivity contribution < 1.29 is 0 Å². The number of halogens is 1. The summed E-state index contributed by atoms with van der Waals surface area (Å²) in [6.45, 7) is 3.33. The molecule has 2 rings (SSSR count). The molecule has 0 saturated carbocycles. The molecule has 1 aromatic carbocycles. The molecule has 2 heteroatoms. The van der Waals surface area contributed by atoms with Gasteiger partial charge in [-0.25, -0.2) is 0 Å². The maximum Gasteiger partial charge on any atom is 0.0326 e. The summed E-state index contributed by atoms with van der Waals surface area (Å²) in [6, 6.07) is 7.23. The topological polar surface area (TPSA) is 12.0 Å². The first-order valence-electron chi connectivity index (χ1n) is 5.33. The van der Waals surface area contributed by atoms with E-state index in [9.17, 15) is 0 Å². The minimum absolute atomic E-state index is 0.586. The fourth-order valence-electron chi connectivity index (χ4n) is 2.10. The number of benzene rings is 1. The zero-order chi connectivity index (χ0) is 9.97. The predicted octanol–water partition coefficient (Wildman–Crippen LogP) is 3.44. The third kappa shape index (κ3) is 2.01. The smallest absolute Gasteiger partial charge is 0.0326 e. The first-order chi connectivity index (χ1) is 6.81. The highest BCUT2D eigenvalue weighted by molar-refractivity contribution is 9.10. The Labute approximate surface area is 94.0 Å². The van der Waals surface area contributed by atoms with Crippen LogP contribution in [0.1, 0.15) is 36.9 Å². The lowest BCUT2D eigenvalue weighted by molar-refractivity contribution is 0.529. The van der Waals surface area contributed by atoms with Gasteiger partial charge in [-0.1, -0.05) is 28.9 Å². The summed E-state index contributed by atoms with van der Waals surface area (Å²) in [5.74, 6) is 0. The second kappa shape index (κ2) is 4.45. The van der Waals surface area contributed by atoms with Gasteiger partial charge in [-0.3, -0.25) is 0 Å². The Hall–Kier alpha value is -0.340. The summed E-state index contributed by atoms with van der Waals surface area (Å²) < 4.78 is 1.20. The van der Waals surface area contributed by atoms with Crippen LogP contribution in [0.4, 0.5) is 0 Å². The summed E-state index contributed by atoms with van der Waals surface area (Å²) >= 11 is 3.53. The van der Waals surface area contributed by atoms with Crippen molar-refractivity contribution in [1.82, 2.24) is 5.32 Å². The van der Waals surface area contributed by atoms with Crippen molar-refractivity contribution in [2.24, 2.45) is 0 Å². The van der Waals surface area contributed by atoms with Gasteiger partial charge in [0.2, 0.25) is 0 Å². The van der Waals surface area contributed by atoms with Crippen LogP contribution in [0.2, 0.25) is 0 Å². The molecular weight excluding hydrogens is 238 g/mol. The van der Waals surface area contributed by atoms with Crippen LogP contribution in [-0.4, -0.2) is 6.54 Å².